The maximum Gasteiger partial charge on any atom is 0.233 e. The van der Waals surface area contributed by atoms with E-state index in [0.717, 1.165) is 21.7 Å². The minimum atomic E-state index is -2.99. The van der Waals surface area contributed by atoms with Gasteiger partial charge in [-0.05, 0) is 18.9 Å². The first-order valence-electron chi connectivity index (χ1n) is 7.72. The molecule has 1 aliphatic heterocycles. The highest BCUT2D eigenvalue weighted by atomic mass is 32.2. The number of thiophene rings is 1. The quantitative estimate of drug-likeness (QED) is 0.578. The van der Waals surface area contributed by atoms with E-state index in [1.54, 1.807) is 23.3 Å². The zero-order valence-corrected chi connectivity index (χ0v) is 16.0. The van der Waals surface area contributed by atoms with Crippen LogP contribution in [0.15, 0.2) is 17.4 Å². The van der Waals surface area contributed by atoms with Crippen LogP contribution in [-0.4, -0.2) is 59.5 Å². The summed E-state index contributed by atoms with van der Waals surface area (Å²) in [6.45, 7) is 2.10. The molecule has 2 aromatic heterocycles. The summed E-state index contributed by atoms with van der Waals surface area (Å²) >= 11 is 3.03. The molecular formula is C15H19N3O3S3. The number of carbonyl (C=O) groups excluding carboxylic acids is 1. The Morgan fingerprint density at radius 2 is 2.25 bits per heavy atom. The molecule has 0 saturated carbocycles. The Kier molecular flexibility index (Phi) is 5.12. The molecular weight excluding hydrogens is 366 g/mol. The Balaban J connectivity index is 1.67. The van der Waals surface area contributed by atoms with Crippen molar-refractivity contribution < 1.29 is 13.2 Å². The molecule has 3 heterocycles. The summed E-state index contributed by atoms with van der Waals surface area (Å²) in [7, 11) is -1.31. The van der Waals surface area contributed by atoms with Gasteiger partial charge in [0, 0.05) is 23.4 Å². The molecule has 0 spiro atoms. The lowest BCUT2D eigenvalue weighted by molar-refractivity contribution is -0.128. The lowest BCUT2D eigenvalue weighted by Crippen LogP contribution is -2.38. The van der Waals surface area contributed by atoms with Crippen molar-refractivity contribution in [3.8, 4) is 0 Å². The van der Waals surface area contributed by atoms with Crippen molar-refractivity contribution in [1.29, 1.82) is 0 Å². The van der Waals surface area contributed by atoms with Gasteiger partial charge in [-0.25, -0.2) is 18.4 Å². The van der Waals surface area contributed by atoms with Crippen LogP contribution in [0.2, 0.25) is 0 Å². The van der Waals surface area contributed by atoms with Crippen LogP contribution < -0.4 is 0 Å². The molecule has 130 valence electrons. The second-order valence-corrected chi connectivity index (χ2v) is 10.1. The molecule has 2 aromatic rings. The number of thioether (sulfide) groups is 1. The number of hydrogen-bond acceptors (Lipinski definition) is 7. The third-order valence-electron chi connectivity index (χ3n) is 4.17. The van der Waals surface area contributed by atoms with E-state index in [0.29, 0.717) is 6.42 Å². The third-order valence-corrected chi connectivity index (χ3v) is 8.10. The first-order chi connectivity index (χ1) is 11.4. The fourth-order valence-electron chi connectivity index (χ4n) is 2.69. The van der Waals surface area contributed by atoms with E-state index in [4.69, 9.17) is 0 Å². The Labute approximate surface area is 149 Å². The first kappa shape index (κ1) is 17.6. The summed E-state index contributed by atoms with van der Waals surface area (Å²) in [6, 6.07) is 1.88. The molecule has 0 aromatic carbocycles. The molecule has 9 heteroatoms. The average molecular weight is 386 g/mol. The van der Waals surface area contributed by atoms with Crippen LogP contribution in [0, 0.1) is 0 Å². The largest absolute Gasteiger partial charge is 0.341 e. The maximum atomic E-state index is 12.4. The minimum Gasteiger partial charge on any atom is -0.341 e. The van der Waals surface area contributed by atoms with Gasteiger partial charge in [0.15, 0.2) is 9.84 Å². The van der Waals surface area contributed by atoms with E-state index >= 15 is 0 Å². The summed E-state index contributed by atoms with van der Waals surface area (Å²) in [5, 5.41) is 1.79. The molecule has 0 N–H and O–H groups in total. The average Bonchev–Trinajstić information content (AvgIpc) is 3.14. The van der Waals surface area contributed by atoms with Crippen molar-refractivity contribution >= 4 is 49.1 Å². The molecule has 0 radical (unpaired) electrons. The van der Waals surface area contributed by atoms with Crippen molar-refractivity contribution in [2.24, 2.45) is 0 Å². The van der Waals surface area contributed by atoms with Gasteiger partial charge in [0.1, 0.15) is 16.2 Å². The molecule has 1 saturated heterocycles. The summed E-state index contributed by atoms with van der Waals surface area (Å²) < 4.78 is 23.1. The number of rotatable bonds is 5. The van der Waals surface area contributed by atoms with Crippen LogP contribution in [0.25, 0.3) is 10.2 Å². The number of sulfone groups is 1. The van der Waals surface area contributed by atoms with E-state index in [1.165, 1.54) is 23.0 Å². The molecule has 3 rings (SSSR count). The van der Waals surface area contributed by atoms with Gasteiger partial charge in [0.2, 0.25) is 5.91 Å². The third kappa shape index (κ3) is 3.73. The molecule has 1 atom stereocenters. The first-order valence-corrected chi connectivity index (χ1v) is 11.3. The second-order valence-electron chi connectivity index (χ2n) is 5.81. The minimum absolute atomic E-state index is 0.0696. The molecule has 24 heavy (non-hydrogen) atoms. The van der Waals surface area contributed by atoms with Gasteiger partial charge in [-0.1, -0.05) is 18.7 Å². The van der Waals surface area contributed by atoms with E-state index in [9.17, 15) is 13.2 Å². The van der Waals surface area contributed by atoms with Gasteiger partial charge in [0.25, 0.3) is 0 Å². The van der Waals surface area contributed by atoms with Crippen molar-refractivity contribution in [1.82, 2.24) is 14.9 Å². The fraction of sp³-hybridized carbons (Fsp3) is 0.533. The summed E-state index contributed by atoms with van der Waals surface area (Å²) in [4.78, 5) is 24.7. The zero-order chi connectivity index (χ0) is 17.3. The number of nitrogens with zero attached hydrogens (tertiary/aromatic N) is 3. The van der Waals surface area contributed by atoms with E-state index in [2.05, 4.69) is 23.0 Å². The highest BCUT2D eigenvalue weighted by Crippen LogP contribution is 2.31. The molecule has 6 nitrogen and oxygen atoms in total. The van der Waals surface area contributed by atoms with Crippen molar-refractivity contribution in [2.45, 2.75) is 30.8 Å². The highest BCUT2D eigenvalue weighted by Gasteiger charge is 2.32. The van der Waals surface area contributed by atoms with E-state index in [-0.39, 0.29) is 29.2 Å². The van der Waals surface area contributed by atoms with Crippen molar-refractivity contribution in [3.05, 3.63) is 17.3 Å². The van der Waals surface area contributed by atoms with Crippen LogP contribution in [0.1, 0.15) is 18.2 Å². The molecule has 0 bridgehead atoms. The Bertz CT molecular complexity index is 863. The van der Waals surface area contributed by atoms with Crippen molar-refractivity contribution in [2.75, 3.05) is 24.3 Å². The van der Waals surface area contributed by atoms with E-state index in [1.807, 2.05) is 0 Å². The Morgan fingerprint density at radius 3 is 2.92 bits per heavy atom. The highest BCUT2D eigenvalue weighted by molar-refractivity contribution is 8.00. The lowest BCUT2D eigenvalue weighted by Gasteiger charge is -2.23. The molecule has 0 unspecified atom stereocenters. The zero-order valence-electron chi connectivity index (χ0n) is 13.6. The summed E-state index contributed by atoms with van der Waals surface area (Å²) in [6.07, 6.45) is 3.00. The number of hydrogen-bond donors (Lipinski definition) is 0. The predicted molar refractivity (Wildman–Crippen MR) is 97.3 cm³/mol. The number of fused-ring (bicyclic) bond motifs is 1. The number of aromatic nitrogens is 2. The van der Waals surface area contributed by atoms with Crippen molar-refractivity contribution in [3.63, 3.8) is 0 Å². The predicted octanol–water partition coefficient (Wildman–Crippen LogP) is 1.99. The normalized spacial score (nSPS) is 19.7. The smallest absolute Gasteiger partial charge is 0.233 e. The summed E-state index contributed by atoms with van der Waals surface area (Å²) in [5.74, 6) is 0.419. The summed E-state index contributed by atoms with van der Waals surface area (Å²) in [5.41, 5.74) is 0. The SMILES string of the molecule is CCc1cc2c(SCC(=O)N(C)[C@@H]3CCS(=O)(=O)C3)ncnc2s1. The van der Waals surface area contributed by atoms with Crippen LogP contribution in [0.3, 0.4) is 0 Å². The molecule has 0 aliphatic carbocycles. The van der Waals surface area contributed by atoms with E-state index < -0.39 is 9.84 Å². The van der Waals surface area contributed by atoms with Gasteiger partial charge in [-0.3, -0.25) is 4.79 Å². The Morgan fingerprint density at radius 1 is 1.46 bits per heavy atom. The molecule has 1 amide bonds. The number of aryl methyl sites for hydroxylation is 1. The molecule has 1 aliphatic rings. The number of amides is 1. The monoisotopic (exact) mass is 385 g/mol. The van der Waals surface area contributed by atoms with Gasteiger partial charge in [-0.2, -0.15) is 0 Å². The topological polar surface area (TPSA) is 80.2 Å². The van der Waals surface area contributed by atoms with Gasteiger partial charge in [-0.15, -0.1) is 11.3 Å². The van der Waals surface area contributed by atoms with Gasteiger partial charge in [0.05, 0.1) is 17.3 Å². The van der Waals surface area contributed by atoms with Crippen LogP contribution in [0.4, 0.5) is 0 Å². The lowest BCUT2D eigenvalue weighted by atomic mass is 10.2. The van der Waals surface area contributed by atoms with Gasteiger partial charge >= 0.3 is 0 Å². The van der Waals surface area contributed by atoms with Crippen LogP contribution >= 0.6 is 23.1 Å². The standard InChI is InChI=1S/C15H19N3O3S3/c1-3-11-6-12-14(16-9-17-15(12)23-11)22-7-13(19)18(2)10-4-5-24(20,21)8-10/h6,9-10H,3-5,7-8H2,1-2H3/t10-/m1/s1. The maximum absolute atomic E-state index is 12.4. The fourth-order valence-corrected chi connectivity index (χ4v) is 6.36. The Hall–Kier alpha value is -1.19. The molecule has 1 fully saturated rings. The van der Waals surface area contributed by atoms with Crippen LogP contribution in [0.5, 0.6) is 0 Å². The second kappa shape index (κ2) is 6.97. The van der Waals surface area contributed by atoms with Gasteiger partial charge < -0.3 is 4.90 Å². The van der Waals surface area contributed by atoms with Crippen LogP contribution in [-0.2, 0) is 21.1 Å². The number of carbonyl (C=O) groups is 1.